The SMILES string of the molecule is c1cc(-c2cccc3ccccc23)cc(N(c2ccc(-c3ccc4c(c3)sc3ccccc34)cc2)c2cccc(-c3cccc4c3sc3ccccc34)c2)c1. The van der Waals surface area contributed by atoms with Crippen molar-refractivity contribution in [1.29, 1.82) is 0 Å². The lowest BCUT2D eigenvalue weighted by Gasteiger charge is -2.27. The lowest BCUT2D eigenvalue weighted by molar-refractivity contribution is 1.28. The molecule has 11 aromatic rings. The van der Waals surface area contributed by atoms with E-state index in [0.717, 1.165) is 17.1 Å². The Balaban J connectivity index is 1.05. The summed E-state index contributed by atoms with van der Waals surface area (Å²) in [6.45, 7) is 0. The molecule has 2 heterocycles. The zero-order chi connectivity index (χ0) is 36.3. The summed E-state index contributed by atoms with van der Waals surface area (Å²) in [5, 5.41) is 7.79. The quantitative estimate of drug-likeness (QED) is 0.164. The summed E-state index contributed by atoms with van der Waals surface area (Å²) in [6, 6.07) is 73.4. The molecule has 1 nitrogen and oxygen atoms in total. The van der Waals surface area contributed by atoms with Gasteiger partial charge in [0.25, 0.3) is 0 Å². The molecule has 0 saturated carbocycles. The van der Waals surface area contributed by atoms with E-state index in [1.165, 1.54) is 84.5 Å². The fourth-order valence-corrected chi connectivity index (χ4v) is 10.6. The van der Waals surface area contributed by atoms with Gasteiger partial charge in [-0.1, -0.05) is 146 Å². The standard InChI is InChI=1S/C52H33NS2/c1-2-17-42-35(11-1)12-9-20-43(42)37-13-7-15-40(31-37)53(39-28-25-34(26-29-39)36-27-30-47-45-18-3-5-23-49(45)54-51(47)33-36)41-16-8-14-38(32-41)44-21-10-22-48-46-19-4-6-24-50(46)55-52(44)48/h1-33H. The highest BCUT2D eigenvalue weighted by atomic mass is 32.1. The lowest BCUT2D eigenvalue weighted by atomic mass is 9.97. The minimum absolute atomic E-state index is 1.11. The van der Waals surface area contributed by atoms with Gasteiger partial charge >= 0.3 is 0 Å². The molecule has 55 heavy (non-hydrogen) atoms. The van der Waals surface area contributed by atoms with Crippen LogP contribution in [0.3, 0.4) is 0 Å². The Labute approximate surface area is 327 Å². The summed E-state index contributed by atoms with van der Waals surface area (Å²) in [7, 11) is 0. The first-order chi connectivity index (χ1) is 27.2. The maximum atomic E-state index is 2.40. The molecule has 3 heteroatoms. The van der Waals surface area contributed by atoms with Crippen LogP contribution in [0.5, 0.6) is 0 Å². The van der Waals surface area contributed by atoms with Gasteiger partial charge in [0.15, 0.2) is 0 Å². The van der Waals surface area contributed by atoms with E-state index in [0.29, 0.717) is 0 Å². The summed E-state index contributed by atoms with van der Waals surface area (Å²) >= 11 is 3.75. The largest absolute Gasteiger partial charge is 0.310 e. The number of benzene rings is 9. The topological polar surface area (TPSA) is 3.24 Å². The average Bonchev–Trinajstić information content (AvgIpc) is 3.82. The number of nitrogens with zero attached hydrogens (tertiary/aromatic N) is 1. The number of rotatable bonds is 6. The zero-order valence-corrected chi connectivity index (χ0v) is 31.4. The maximum Gasteiger partial charge on any atom is 0.0467 e. The second-order valence-electron chi connectivity index (χ2n) is 14.1. The Kier molecular flexibility index (Phi) is 7.61. The van der Waals surface area contributed by atoms with Crippen molar-refractivity contribution in [3.63, 3.8) is 0 Å². The molecule has 258 valence electrons. The second-order valence-corrected chi connectivity index (χ2v) is 16.2. The van der Waals surface area contributed by atoms with Crippen molar-refractivity contribution in [2.45, 2.75) is 0 Å². The van der Waals surface area contributed by atoms with Gasteiger partial charge in [-0.15, -0.1) is 22.7 Å². The van der Waals surface area contributed by atoms with Gasteiger partial charge in [0.2, 0.25) is 0 Å². The minimum Gasteiger partial charge on any atom is -0.310 e. The smallest absolute Gasteiger partial charge is 0.0467 e. The molecule has 0 spiro atoms. The Morgan fingerprint density at radius 3 is 1.62 bits per heavy atom. The van der Waals surface area contributed by atoms with Crippen LogP contribution in [0.1, 0.15) is 0 Å². The minimum atomic E-state index is 1.11. The molecule has 0 amide bonds. The molecule has 0 aliphatic heterocycles. The molecule has 0 aliphatic rings. The van der Waals surface area contributed by atoms with E-state index in [-0.39, 0.29) is 0 Å². The van der Waals surface area contributed by atoms with Gasteiger partial charge < -0.3 is 4.90 Å². The molecule has 0 unspecified atom stereocenters. The highest BCUT2D eigenvalue weighted by molar-refractivity contribution is 7.26. The third-order valence-corrected chi connectivity index (χ3v) is 13.2. The van der Waals surface area contributed by atoms with Crippen LogP contribution >= 0.6 is 22.7 Å². The number of hydrogen-bond donors (Lipinski definition) is 0. The number of hydrogen-bond acceptors (Lipinski definition) is 3. The van der Waals surface area contributed by atoms with Crippen molar-refractivity contribution in [1.82, 2.24) is 0 Å². The zero-order valence-electron chi connectivity index (χ0n) is 29.8. The normalized spacial score (nSPS) is 11.6. The maximum absolute atomic E-state index is 2.40. The summed E-state index contributed by atoms with van der Waals surface area (Å²) in [6.07, 6.45) is 0. The second kappa shape index (κ2) is 13.1. The Morgan fingerprint density at radius 1 is 0.291 bits per heavy atom. The van der Waals surface area contributed by atoms with Crippen LogP contribution in [0.15, 0.2) is 200 Å². The van der Waals surface area contributed by atoms with Crippen molar-refractivity contribution < 1.29 is 0 Å². The third-order valence-electron chi connectivity index (χ3n) is 10.9. The van der Waals surface area contributed by atoms with Crippen LogP contribution in [-0.4, -0.2) is 0 Å². The molecule has 0 atom stereocenters. The van der Waals surface area contributed by atoms with Crippen molar-refractivity contribution in [2.75, 3.05) is 4.90 Å². The van der Waals surface area contributed by atoms with E-state index in [4.69, 9.17) is 0 Å². The summed E-state index contributed by atoms with van der Waals surface area (Å²) in [4.78, 5) is 2.40. The molecule has 9 aromatic carbocycles. The van der Waals surface area contributed by atoms with E-state index >= 15 is 0 Å². The van der Waals surface area contributed by atoms with Gasteiger partial charge in [-0.3, -0.25) is 0 Å². The number of thiophene rings is 2. The van der Waals surface area contributed by atoms with E-state index < -0.39 is 0 Å². The lowest BCUT2D eigenvalue weighted by Crippen LogP contribution is -2.10. The van der Waals surface area contributed by atoms with Crippen molar-refractivity contribution >= 4 is 90.9 Å². The fraction of sp³-hybridized carbons (Fsp3) is 0. The molecule has 0 N–H and O–H groups in total. The van der Waals surface area contributed by atoms with Gasteiger partial charge in [-0.25, -0.2) is 0 Å². The molecule has 0 bridgehead atoms. The highest BCUT2D eigenvalue weighted by Gasteiger charge is 2.17. The van der Waals surface area contributed by atoms with Crippen LogP contribution in [-0.2, 0) is 0 Å². The van der Waals surface area contributed by atoms with E-state index in [2.05, 4.69) is 205 Å². The van der Waals surface area contributed by atoms with Crippen molar-refractivity contribution in [2.24, 2.45) is 0 Å². The fourth-order valence-electron chi connectivity index (χ4n) is 8.23. The first-order valence-electron chi connectivity index (χ1n) is 18.7. The van der Waals surface area contributed by atoms with E-state index in [9.17, 15) is 0 Å². The Morgan fingerprint density at radius 2 is 0.836 bits per heavy atom. The molecule has 0 fully saturated rings. The van der Waals surface area contributed by atoms with Crippen molar-refractivity contribution in [3.05, 3.63) is 200 Å². The Hall–Kier alpha value is -6.52. The monoisotopic (exact) mass is 735 g/mol. The van der Waals surface area contributed by atoms with Crippen LogP contribution < -0.4 is 4.90 Å². The Bertz CT molecular complexity index is 3220. The van der Waals surface area contributed by atoms with Gasteiger partial charge in [0.1, 0.15) is 0 Å². The summed E-state index contributed by atoms with van der Waals surface area (Å²) in [5.41, 5.74) is 10.7. The van der Waals surface area contributed by atoms with Crippen LogP contribution in [0.4, 0.5) is 17.1 Å². The average molecular weight is 736 g/mol. The molecule has 0 aliphatic carbocycles. The van der Waals surface area contributed by atoms with Gasteiger partial charge in [0.05, 0.1) is 0 Å². The van der Waals surface area contributed by atoms with Crippen LogP contribution in [0.2, 0.25) is 0 Å². The highest BCUT2D eigenvalue weighted by Crippen LogP contribution is 2.44. The van der Waals surface area contributed by atoms with E-state index in [1.807, 2.05) is 22.7 Å². The summed E-state index contributed by atoms with van der Waals surface area (Å²) in [5.74, 6) is 0. The number of anilines is 3. The first kappa shape index (κ1) is 32.0. The molecular formula is C52H33NS2. The van der Waals surface area contributed by atoms with Crippen LogP contribution in [0.25, 0.3) is 84.5 Å². The summed E-state index contributed by atoms with van der Waals surface area (Å²) < 4.78 is 5.29. The van der Waals surface area contributed by atoms with E-state index in [1.54, 1.807) is 0 Å². The van der Waals surface area contributed by atoms with Crippen LogP contribution in [0, 0.1) is 0 Å². The predicted octanol–water partition coefficient (Wildman–Crippen LogP) is 16.0. The molecular weight excluding hydrogens is 703 g/mol. The molecule has 11 rings (SSSR count). The predicted molar refractivity (Wildman–Crippen MR) is 241 cm³/mol. The van der Waals surface area contributed by atoms with Crippen molar-refractivity contribution in [3.8, 4) is 33.4 Å². The van der Waals surface area contributed by atoms with Gasteiger partial charge in [0, 0.05) is 57.4 Å². The van der Waals surface area contributed by atoms with Gasteiger partial charge in [-0.05, 0) is 98.8 Å². The molecule has 2 aromatic heterocycles. The third kappa shape index (κ3) is 5.51. The number of fused-ring (bicyclic) bond motifs is 7. The molecule has 0 radical (unpaired) electrons. The first-order valence-corrected chi connectivity index (χ1v) is 20.3. The van der Waals surface area contributed by atoms with Gasteiger partial charge in [-0.2, -0.15) is 0 Å². The molecule has 0 saturated heterocycles.